The summed E-state index contributed by atoms with van der Waals surface area (Å²) in [5, 5.41) is 2.96. The van der Waals surface area contributed by atoms with Gasteiger partial charge >= 0.3 is 5.69 Å². The van der Waals surface area contributed by atoms with Crippen LogP contribution < -0.4 is 11.0 Å². The minimum atomic E-state index is -0.252. The SMILES string of the molecule is CC(NC(=O)c1ccnc(-n2ccnc2)c1)c1ccc2[nH]c(=O)[nH]c2c1. The number of nitrogens with one attached hydrogen (secondary N) is 3. The van der Waals surface area contributed by atoms with E-state index in [1.54, 1.807) is 41.6 Å². The third-order valence-corrected chi connectivity index (χ3v) is 4.16. The molecule has 130 valence electrons. The summed E-state index contributed by atoms with van der Waals surface area (Å²) < 4.78 is 1.73. The summed E-state index contributed by atoms with van der Waals surface area (Å²) in [5.41, 5.74) is 2.59. The maximum Gasteiger partial charge on any atom is 0.323 e. The molecular weight excluding hydrogens is 332 g/mol. The number of H-pyrrole nitrogens is 2. The number of carbonyl (C=O) groups is 1. The van der Waals surface area contributed by atoms with Crippen LogP contribution in [0.15, 0.2) is 60.0 Å². The van der Waals surface area contributed by atoms with Crippen molar-refractivity contribution in [2.24, 2.45) is 0 Å². The van der Waals surface area contributed by atoms with Gasteiger partial charge in [0.1, 0.15) is 12.1 Å². The van der Waals surface area contributed by atoms with Crippen molar-refractivity contribution in [1.82, 2.24) is 29.8 Å². The molecule has 1 amide bonds. The van der Waals surface area contributed by atoms with Gasteiger partial charge in [-0.25, -0.2) is 14.8 Å². The van der Waals surface area contributed by atoms with Crippen LogP contribution in [0, 0.1) is 0 Å². The van der Waals surface area contributed by atoms with Gasteiger partial charge in [0.25, 0.3) is 5.91 Å². The highest BCUT2D eigenvalue weighted by atomic mass is 16.2. The number of carbonyl (C=O) groups excluding carboxylic acids is 1. The molecule has 26 heavy (non-hydrogen) atoms. The molecule has 1 atom stereocenters. The maximum absolute atomic E-state index is 12.6. The van der Waals surface area contributed by atoms with E-state index >= 15 is 0 Å². The van der Waals surface area contributed by atoms with Gasteiger partial charge < -0.3 is 15.3 Å². The smallest absolute Gasteiger partial charge is 0.323 e. The Morgan fingerprint density at radius 3 is 2.81 bits per heavy atom. The van der Waals surface area contributed by atoms with Crippen LogP contribution in [0.25, 0.3) is 16.9 Å². The molecule has 0 aliphatic carbocycles. The highest BCUT2D eigenvalue weighted by Gasteiger charge is 2.13. The van der Waals surface area contributed by atoms with Gasteiger partial charge in [0, 0.05) is 24.2 Å². The van der Waals surface area contributed by atoms with Crippen molar-refractivity contribution in [3.05, 3.63) is 76.9 Å². The highest BCUT2D eigenvalue weighted by Crippen LogP contribution is 2.18. The number of hydrogen-bond donors (Lipinski definition) is 3. The molecule has 3 heterocycles. The Kier molecular flexibility index (Phi) is 3.85. The van der Waals surface area contributed by atoms with Gasteiger partial charge in [-0.05, 0) is 36.8 Å². The molecule has 8 heteroatoms. The van der Waals surface area contributed by atoms with Crippen molar-refractivity contribution in [2.75, 3.05) is 0 Å². The Morgan fingerprint density at radius 1 is 1.15 bits per heavy atom. The number of rotatable bonds is 4. The summed E-state index contributed by atoms with van der Waals surface area (Å²) in [7, 11) is 0. The van der Waals surface area contributed by atoms with Crippen molar-refractivity contribution in [1.29, 1.82) is 0 Å². The van der Waals surface area contributed by atoms with Crippen LogP contribution in [-0.4, -0.2) is 30.4 Å². The Hall–Kier alpha value is -3.68. The zero-order valence-corrected chi connectivity index (χ0v) is 13.9. The van der Waals surface area contributed by atoms with Gasteiger partial charge in [-0.2, -0.15) is 0 Å². The topological polar surface area (TPSA) is 108 Å². The lowest BCUT2D eigenvalue weighted by Gasteiger charge is -2.15. The Bertz CT molecular complexity index is 1130. The number of hydrogen-bond acceptors (Lipinski definition) is 4. The minimum absolute atomic E-state index is 0.205. The number of nitrogens with zero attached hydrogens (tertiary/aromatic N) is 3. The first-order valence-corrected chi connectivity index (χ1v) is 8.07. The molecule has 0 saturated carbocycles. The van der Waals surface area contributed by atoms with Gasteiger partial charge in [-0.3, -0.25) is 9.36 Å². The van der Waals surface area contributed by atoms with E-state index in [9.17, 15) is 9.59 Å². The molecule has 4 rings (SSSR count). The Labute approximate surface area is 147 Å². The number of pyridine rings is 1. The van der Waals surface area contributed by atoms with Crippen LogP contribution in [-0.2, 0) is 0 Å². The molecule has 0 aliphatic heterocycles. The molecule has 0 fully saturated rings. The first kappa shape index (κ1) is 15.8. The molecule has 3 N–H and O–H groups in total. The number of imidazole rings is 2. The molecule has 8 nitrogen and oxygen atoms in total. The van der Waals surface area contributed by atoms with E-state index in [0.29, 0.717) is 16.9 Å². The van der Waals surface area contributed by atoms with Crippen molar-refractivity contribution >= 4 is 16.9 Å². The molecule has 0 aliphatic rings. The number of amides is 1. The van der Waals surface area contributed by atoms with E-state index in [2.05, 4.69) is 25.3 Å². The maximum atomic E-state index is 12.6. The molecule has 3 aromatic heterocycles. The zero-order valence-electron chi connectivity index (χ0n) is 13.9. The zero-order chi connectivity index (χ0) is 18.1. The molecule has 0 radical (unpaired) electrons. The number of fused-ring (bicyclic) bond motifs is 1. The van der Waals surface area contributed by atoms with Gasteiger partial charge in [-0.1, -0.05) is 6.07 Å². The average molecular weight is 348 g/mol. The first-order chi connectivity index (χ1) is 12.6. The van der Waals surface area contributed by atoms with Gasteiger partial charge in [0.15, 0.2) is 0 Å². The molecule has 0 spiro atoms. The van der Waals surface area contributed by atoms with Crippen LogP contribution >= 0.6 is 0 Å². The van der Waals surface area contributed by atoms with Crippen molar-refractivity contribution in [2.45, 2.75) is 13.0 Å². The van der Waals surface area contributed by atoms with Gasteiger partial charge in [0.05, 0.1) is 17.1 Å². The monoisotopic (exact) mass is 348 g/mol. The highest BCUT2D eigenvalue weighted by molar-refractivity contribution is 5.94. The second-order valence-corrected chi connectivity index (χ2v) is 5.95. The standard InChI is InChI=1S/C18H16N6O2/c1-11(12-2-3-14-15(8-12)23-18(26)22-14)21-17(25)13-4-5-20-16(9-13)24-7-6-19-10-24/h2-11H,1H3,(H,21,25)(H2,22,23,26). The molecule has 4 aromatic rings. The van der Waals surface area contributed by atoms with Crippen molar-refractivity contribution in [3.63, 3.8) is 0 Å². The summed E-state index contributed by atoms with van der Waals surface area (Å²) in [6.45, 7) is 1.89. The van der Waals surface area contributed by atoms with E-state index in [-0.39, 0.29) is 17.6 Å². The van der Waals surface area contributed by atoms with Crippen molar-refractivity contribution in [3.8, 4) is 5.82 Å². The van der Waals surface area contributed by atoms with E-state index in [1.807, 2.05) is 25.1 Å². The number of benzene rings is 1. The van der Waals surface area contributed by atoms with E-state index in [4.69, 9.17) is 0 Å². The predicted molar refractivity (Wildman–Crippen MR) is 96.2 cm³/mol. The predicted octanol–water partition coefficient (Wildman–Crippen LogP) is 1.93. The largest absolute Gasteiger partial charge is 0.346 e. The Morgan fingerprint density at radius 2 is 2.00 bits per heavy atom. The summed E-state index contributed by atoms with van der Waals surface area (Å²) in [4.78, 5) is 37.6. The molecule has 0 bridgehead atoms. The van der Waals surface area contributed by atoms with Crippen LogP contribution in [0.3, 0.4) is 0 Å². The third kappa shape index (κ3) is 3.00. The molecule has 1 aromatic carbocycles. The van der Waals surface area contributed by atoms with Crippen molar-refractivity contribution < 1.29 is 4.79 Å². The summed E-state index contributed by atoms with van der Waals surface area (Å²) in [5.74, 6) is 0.415. The molecular formula is C18H16N6O2. The quantitative estimate of drug-likeness (QED) is 0.523. The van der Waals surface area contributed by atoms with E-state index in [0.717, 1.165) is 11.1 Å². The average Bonchev–Trinajstić information content (AvgIpc) is 3.29. The second kappa shape index (κ2) is 6.32. The third-order valence-electron chi connectivity index (χ3n) is 4.16. The fourth-order valence-electron chi connectivity index (χ4n) is 2.78. The summed E-state index contributed by atoms with van der Waals surface area (Å²) in [6.07, 6.45) is 6.63. The normalized spacial score (nSPS) is 12.2. The first-order valence-electron chi connectivity index (χ1n) is 8.07. The second-order valence-electron chi connectivity index (χ2n) is 5.95. The van der Waals surface area contributed by atoms with E-state index in [1.165, 1.54) is 0 Å². The van der Waals surface area contributed by atoms with Crippen LogP contribution in [0.4, 0.5) is 0 Å². The minimum Gasteiger partial charge on any atom is -0.346 e. The van der Waals surface area contributed by atoms with E-state index < -0.39 is 0 Å². The summed E-state index contributed by atoms with van der Waals surface area (Å²) in [6, 6.07) is 8.68. The Balaban J connectivity index is 1.55. The lowest BCUT2D eigenvalue weighted by atomic mass is 10.1. The molecule has 1 unspecified atom stereocenters. The number of aromatic nitrogens is 5. The number of aromatic amines is 2. The lowest BCUT2D eigenvalue weighted by molar-refractivity contribution is 0.0939. The lowest BCUT2D eigenvalue weighted by Crippen LogP contribution is -2.26. The van der Waals surface area contributed by atoms with Gasteiger partial charge in [-0.15, -0.1) is 0 Å². The van der Waals surface area contributed by atoms with Crippen LogP contribution in [0.1, 0.15) is 28.9 Å². The van der Waals surface area contributed by atoms with Crippen LogP contribution in [0.5, 0.6) is 0 Å². The molecule has 0 saturated heterocycles. The fourth-order valence-corrected chi connectivity index (χ4v) is 2.78. The van der Waals surface area contributed by atoms with Gasteiger partial charge in [0.2, 0.25) is 0 Å². The summed E-state index contributed by atoms with van der Waals surface area (Å²) >= 11 is 0. The fraction of sp³-hybridized carbons (Fsp3) is 0.111. The van der Waals surface area contributed by atoms with Crippen LogP contribution in [0.2, 0.25) is 0 Å².